The topological polar surface area (TPSA) is 78.6 Å². The summed E-state index contributed by atoms with van der Waals surface area (Å²) in [4.78, 5) is 11.7. The molecule has 0 saturated carbocycles. The van der Waals surface area contributed by atoms with Gasteiger partial charge in [-0.05, 0) is 54.8 Å². The van der Waals surface area contributed by atoms with E-state index in [9.17, 15) is 0 Å². The fraction of sp³-hybridized carbons (Fsp3) is 0.520. The number of pyridine rings is 1. The van der Waals surface area contributed by atoms with Crippen LogP contribution in [0.4, 0.5) is 23.0 Å². The van der Waals surface area contributed by atoms with E-state index in [4.69, 9.17) is 10.7 Å². The Morgan fingerprint density at radius 1 is 1.03 bits per heavy atom. The van der Waals surface area contributed by atoms with Gasteiger partial charge in [-0.2, -0.15) is 0 Å². The molecule has 0 spiro atoms. The van der Waals surface area contributed by atoms with Crippen LogP contribution in [-0.4, -0.2) is 38.0 Å². The zero-order valence-corrected chi connectivity index (χ0v) is 22.7. The van der Waals surface area contributed by atoms with Gasteiger partial charge in [0.15, 0.2) is 5.82 Å². The summed E-state index contributed by atoms with van der Waals surface area (Å²) < 4.78 is 1.05. The van der Waals surface area contributed by atoms with Crippen molar-refractivity contribution in [3.8, 4) is 0 Å². The average Bonchev–Trinajstić information content (AvgIpc) is 2.76. The van der Waals surface area contributed by atoms with Crippen LogP contribution >= 0.6 is 15.9 Å². The van der Waals surface area contributed by atoms with Crippen molar-refractivity contribution in [3.63, 3.8) is 0 Å². The second kappa shape index (κ2) is 17.4. The third kappa shape index (κ3) is 12.1. The molecular formula is C25H43BrN6. The van der Waals surface area contributed by atoms with Crippen LogP contribution in [0.5, 0.6) is 0 Å². The van der Waals surface area contributed by atoms with Crippen LogP contribution < -0.4 is 21.3 Å². The summed E-state index contributed by atoms with van der Waals surface area (Å²) in [5, 5.41) is 6.35. The highest BCUT2D eigenvalue weighted by Crippen LogP contribution is 2.27. The maximum Gasteiger partial charge on any atom is 0.154 e. The first-order chi connectivity index (χ1) is 15.3. The minimum absolute atomic E-state index is 0.580. The maximum absolute atomic E-state index is 4.85. The smallest absolute Gasteiger partial charge is 0.154 e. The van der Waals surface area contributed by atoms with Gasteiger partial charge in [0.25, 0.3) is 0 Å². The summed E-state index contributed by atoms with van der Waals surface area (Å²) >= 11 is 3.44. The minimum atomic E-state index is 0.580. The molecule has 0 aliphatic rings. The number of aliphatic imine (C=N–C) groups is 1. The molecule has 0 atom stereocenters. The van der Waals surface area contributed by atoms with Gasteiger partial charge >= 0.3 is 0 Å². The quantitative estimate of drug-likeness (QED) is 0.258. The van der Waals surface area contributed by atoms with Crippen molar-refractivity contribution in [3.05, 3.63) is 40.9 Å². The number of halogens is 1. The van der Waals surface area contributed by atoms with E-state index in [0.29, 0.717) is 11.8 Å². The highest BCUT2D eigenvalue weighted by Gasteiger charge is 2.13. The predicted molar refractivity (Wildman–Crippen MR) is 148 cm³/mol. The number of hydrogen-bond donors (Lipinski definition) is 3. The lowest BCUT2D eigenvalue weighted by Gasteiger charge is -2.28. The van der Waals surface area contributed by atoms with Crippen molar-refractivity contribution in [2.24, 2.45) is 22.6 Å². The van der Waals surface area contributed by atoms with Crippen LogP contribution in [0.15, 0.2) is 45.9 Å². The van der Waals surface area contributed by atoms with Crippen molar-refractivity contribution in [2.75, 3.05) is 42.2 Å². The largest absolute Gasteiger partial charge is 0.371 e. The van der Waals surface area contributed by atoms with Crippen molar-refractivity contribution in [2.45, 2.75) is 48.5 Å². The van der Waals surface area contributed by atoms with Gasteiger partial charge in [0, 0.05) is 30.3 Å². The van der Waals surface area contributed by atoms with Crippen LogP contribution in [0.2, 0.25) is 0 Å². The molecule has 180 valence electrons. The van der Waals surface area contributed by atoms with E-state index in [2.05, 4.69) is 70.2 Å². The Labute approximate surface area is 204 Å². The number of benzene rings is 1. The number of nitrogens with one attached hydrogen (secondary N) is 2. The number of aromatic nitrogens is 1. The summed E-state index contributed by atoms with van der Waals surface area (Å²) in [6, 6.07) is 12.0. The number of hydrogen-bond acceptors (Lipinski definition) is 5. The highest BCUT2D eigenvalue weighted by molar-refractivity contribution is 9.10. The second-order valence-corrected chi connectivity index (χ2v) is 8.71. The Hall–Kier alpha value is -2.12. The molecule has 0 amide bonds. The SMILES string of the molecule is CC.CCN.CNc1nc(N(CC(C)C)CC(C)C)ccc1N=CNc1ccc(Br)cc1. The normalized spacial score (nSPS) is 10.4. The third-order valence-corrected chi connectivity index (χ3v) is 4.40. The van der Waals surface area contributed by atoms with Gasteiger partial charge in [-0.1, -0.05) is 64.4 Å². The van der Waals surface area contributed by atoms with Crippen molar-refractivity contribution >= 4 is 45.3 Å². The van der Waals surface area contributed by atoms with E-state index in [1.54, 1.807) is 6.34 Å². The summed E-state index contributed by atoms with van der Waals surface area (Å²) in [7, 11) is 1.88. The number of nitrogens with two attached hydrogens (primary N) is 1. The summed E-state index contributed by atoms with van der Waals surface area (Å²) in [6.07, 6.45) is 1.70. The molecule has 0 bridgehead atoms. The van der Waals surface area contributed by atoms with E-state index in [0.717, 1.165) is 47.1 Å². The number of nitrogens with zero attached hydrogens (tertiary/aromatic N) is 3. The molecule has 0 aliphatic heterocycles. The van der Waals surface area contributed by atoms with Crippen LogP contribution in [0.1, 0.15) is 48.5 Å². The van der Waals surface area contributed by atoms with Crippen molar-refractivity contribution < 1.29 is 0 Å². The molecule has 7 heteroatoms. The Bertz CT molecular complexity index is 750. The van der Waals surface area contributed by atoms with Gasteiger partial charge in [0.1, 0.15) is 11.5 Å². The Kier molecular flexibility index (Phi) is 16.3. The molecule has 0 fully saturated rings. The lowest BCUT2D eigenvalue weighted by Crippen LogP contribution is -2.32. The van der Waals surface area contributed by atoms with E-state index in [1.807, 2.05) is 58.2 Å². The van der Waals surface area contributed by atoms with Crippen LogP contribution in [0, 0.1) is 11.8 Å². The lowest BCUT2D eigenvalue weighted by atomic mass is 10.1. The van der Waals surface area contributed by atoms with Crippen LogP contribution in [0.25, 0.3) is 0 Å². The second-order valence-electron chi connectivity index (χ2n) is 7.80. The Morgan fingerprint density at radius 2 is 1.56 bits per heavy atom. The monoisotopic (exact) mass is 506 g/mol. The molecule has 6 nitrogen and oxygen atoms in total. The van der Waals surface area contributed by atoms with Crippen LogP contribution in [-0.2, 0) is 0 Å². The van der Waals surface area contributed by atoms with Gasteiger partial charge in [-0.3, -0.25) is 0 Å². The molecule has 0 unspecified atom stereocenters. The molecule has 1 aromatic carbocycles. The molecular weight excluding hydrogens is 464 g/mol. The standard InChI is InChI=1S/C21H30BrN5.C2H7N.C2H6/c1-15(2)12-27(13-16(3)4)20-11-10-19(21(23-5)26-20)25-14-24-18-8-6-17(22)7-9-18;1-2-3;1-2/h6-11,14-16H,12-13H2,1-5H3,(H,23,26)(H,24,25);2-3H2,1H3;1-2H3. The molecule has 1 aromatic heterocycles. The van der Waals surface area contributed by atoms with E-state index >= 15 is 0 Å². The first kappa shape index (κ1) is 29.9. The van der Waals surface area contributed by atoms with Gasteiger partial charge in [-0.25, -0.2) is 9.98 Å². The highest BCUT2D eigenvalue weighted by atomic mass is 79.9. The Balaban J connectivity index is 0.00000177. The molecule has 1 heterocycles. The zero-order valence-electron chi connectivity index (χ0n) is 21.1. The third-order valence-electron chi connectivity index (χ3n) is 3.87. The van der Waals surface area contributed by atoms with E-state index in [1.165, 1.54) is 0 Å². The number of rotatable bonds is 9. The first-order valence-electron chi connectivity index (χ1n) is 11.5. The number of anilines is 3. The molecule has 0 saturated heterocycles. The summed E-state index contributed by atoms with van der Waals surface area (Å²) in [5.41, 5.74) is 6.64. The average molecular weight is 508 g/mol. The summed E-state index contributed by atoms with van der Waals surface area (Å²) in [5.74, 6) is 2.92. The molecule has 4 N–H and O–H groups in total. The fourth-order valence-electron chi connectivity index (χ4n) is 2.77. The maximum atomic E-state index is 4.85. The fourth-order valence-corrected chi connectivity index (χ4v) is 3.04. The van der Waals surface area contributed by atoms with Gasteiger partial charge in [0.05, 0.1) is 6.34 Å². The van der Waals surface area contributed by atoms with Crippen molar-refractivity contribution in [1.82, 2.24) is 4.98 Å². The zero-order chi connectivity index (χ0) is 24.5. The van der Waals surface area contributed by atoms with Crippen LogP contribution in [0.3, 0.4) is 0 Å². The molecule has 2 rings (SSSR count). The lowest BCUT2D eigenvalue weighted by molar-refractivity contribution is 0.549. The first-order valence-corrected chi connectivity index (χ1v) is 12.3. The molecule has 32 heavy (non-hydrogen) atoms. The predicted octanol–water partition coefficient (Wildman–Crippen LogP) is 6.77. The minimum Gasteiger partial charge on any atom is -0.371 e. The molecule has 2 aromatic rings. The van der Waals surface area contributed by atoms with Gasteiger partial charge < -0.3 is 21.3 Å². The van der Waals surface area contributed by atoms with E-state index in [-0.39, 0.29) is 0 Å². The summed E-state index contributed by atoms with van der Waals surface area (Å²) in [6.45, 7) is 17.6. The molecule has 0 aliphatic carbocycles. The molecule has 0 radical (unpaired) electrons. The van der Waals surface area contributed by atoms with Crippen molar-refractivity contribution in [1.29, 1.82) is 0 Å². The van der Waals surface area contributed by atoms with E-state index < -0.39 is 0 Å². The Morgan fingerprint density at radius 3 is 2.03 bits per heavy atom. The van der Waals surface area contributed by atoms with Gasteiger partial charge in [0.2, 0.25) is 0 Å². The van der Waals surface area contributed by atoms with Gasteiger partial charge in [-0.15, -0.1) is 0 Å².